The summed E-state index contributed by atoms with van der Waals surface area (Å²) in [7, 11) is 0. The maximum absolute atomic E-state index is 13.6. The van der Waals surface area contributed by atoms with Crippen LogP contribution in [0.3, 0.4) is 0 Å². The molecule has 7 heteroatoms. The number of nitrogen functional groups attached to an aromatic ring is 1. The Hall–Kier alpha value is -1.47. The SMILES string of the molecule is Nc1ncnc(N2CCC(O)C([NH3+])C2)c1F. The van der Waals surface area contributed by atoms with Gasteiger partial charge < -0.3 is 21.5 Å². The molecule has 2 atom stereocenters. The second-order valence-corrected chi connectivity index (χ2v) is 3.96. The molecule has 0 amide bonds. The lowest BCUT2D eigenvalue weighted by Crippen LogP contribution is -2.72. The molecule has 1 aromatic rings. The van der Waals surface area contributed by atoms with Crippen molar-refractivity contribution in [2.75, 3.05) is 23.7 Å². The van der Waals surface area contributed by atoms with Gasteiger partial charge in [-0.1, -0.05) is 0 Å². The van der Waals surface area contributed by atoms with Crippen molar-refractivity contribution in [1.29, 1.82) is 0 Å². The van der Waals surface area contributed by atoms with Crippen LogP contribution in [0, 0.1) is 5.82 Å². The summed E-state index contributed by atoms with van der Waals surface area (Å²) >= 11 is 0. The summed E-state index contributed by atoms with van der Waals surface area (Å²) in [6, 6.07) is -0.149. The monoisotopic (exact) mass is 228 g/mol. The normalized spacial score (nSPS) is 25.8. The van der Waals surface area contributed by atoms with Gasteiger partial charge in [0.25, 0.3) is 0 Å². The lowest BCUT2D eigenvalue weighted by atomic mass is 10.0. The van der Waals surface area contributed by atoms with Crippen molar-refractivity contribution in [3.05, 3.63) is 12.1 Å². The van der Waals surface area contributed by atoms with Crippen LogP contribution in [0.4, 0.5) is 16.0 Å². The minimum absolute atomic E-state index is 0.149. The van der Waals surface area contributed by atoms with Crippen LogP contribution in [-0.2, 0) is 0 Å². The number of anilines is 2. The Bertz CT molecular complexity index is 388. The van der Waals surface area contributed by atoms with Crippen LogP contribution >= 0.6 is 0 Å². The molecular weight excluding hydrogens is 213 g/mol. The molecule has 1 aliphatic heterocycles. The predicted octanol–water partition coefficient (Wildman–Crippen LogP) is -1.62. The smallest absolute Gasteiger partial charge is 0.207 e. The highest BCUT2D eigenvalue weighted by Gasteiger charge is 2.29. The number of hydrogen-bond donors (Lipinski definition) is 3. The number of piperidine rings is 1. The molecule has 6 nitrogen and oxygen atoms in total. The van der Waals surface area contributed by atoms with Gasteiger partial charge in [-0.3, -0.25) is 0 Å². The minimum Gasteiger partial charge on any atom is -0.387 e. The van der Waals surface area contributed by atoms with Crippen LogP contribution < -0.4 is 16.4 Å². The van der Waals surface area contributed by atoms with E-state index in [0.29, 0.717) is 19.5 Å². The molecule has 6 N–H and O–H groups in total. The van der Waals surface area contributed by atoms with Crippen LogP contribution in [0.1, 0.15) is 6.42 Å². The van der Waals surface area contributed by atoms with Crippen LogP contribution in [0.5, 0.6) is 0 Å². The fourth-order valence-electron chi connectivity index (χ4n) is 1.81. The molecule has 0 spiro atoms. The number of quaternary nitrogens is 1. The first-order valence-electron chi connectivity index (χ1n) is 5.11. The van der Waals surface area contributed by atoms with Crippen molar-refractivity contribution in [2.45, 2.75) is 18.6 Å². The first kappa shape index (κ1) is 11.0. The third-order valence-corrected chi connectivity index (χ3v) is 2.79. The number of nitrogens with two attached hydrogens (primary N) is 1. The van der Waals surface area contributed by atoms with E-state index in [9.17, 15) is 9.50 Å². The third-order valence-electron chi connectivity index (χ3n) is 2.79. The zero-order chi connectivity index (χ0) is 11.7. The Morgan fingerprint density at radius 3 is 3.00 bits per heavy atom. The number of aliphatic hydroxyl groups is 1. The zero-order valence-corrected chi connectivity index (χ0v) is 8.80. The van der Waals surface area contributed by atoms with Gasteiger partial charge in [0.1, 0.15) is 18.5 Å². The first-order chi connectivity index (χ1) is 7.59. The molecule has 1 aromatic heterocycles. The average Bonchev–Trinajstić information content (AvgIpc) is 2.26. The summed E-state index contributed by atoms with van der Waals surface area (Å²) < 4.78 is 13.6. The Labute approximate surface area is 92.1 Å². The first-order valence-corrected chi connectivity index (χ1v) is 5.11. The summed E-state index contributed by atoms with van der Waals surface area (Å²) in [5, 5.41) is 9.53. The van der Waals surface area contributed by atoms with E-state index in [4.69, 9.17) is 5.73 Å². The lowest BCUT2D eigenvalue weighted by molar-refractivity contribution is -0.436. The van der Waals surface area contributed by atoms with Crippen molar-refractivity contribution in [3.8, 4) is 0 Å². The number of halogens is 1. The van der Waals surface area contributed by atoms with Gasteiger partial charge in [-0.05, 0) is 6.42 Å². The molecular formula is C9H15FN5O+. The average molecular weight is 228 g/mol. The van der Waals surface area contributed by atoms with E-state index >= 15 is 0 Å². The molecule has 88 valence electrons. The maximum atomic E-state index is 13.6. The standard InChI is InChI=1S/C9H14FN5O/c10-7-8(12)13-4-14-9(7)15-2-1-6(16)5(11)3-15/h4-6,16H,1-3,11H2,(H2,12,13,14)/p+1. The van der Waals surface area contributed by atoms with E-state index in [1.165, 1.54) is 6.33 Å². The van der Waals surface area contributed by atoms with Gasteiger partial charge in [0.15, 0.2) is 11.6 Å². The van der Waals surface area contributed by atoms with Gasteiger partial charge >= 0.3 is 0 Å². The van der Waals surface area contributed by atoms with Crippen LogP contribution in [0.25, 0.3) is 0 Å². The van der Waals surface area contributed by atoms with Gasteiger partial charge in [-0.15, -0.1) is 0 Å². The van der Waals surface area contributed by atoms with Gasteiger partial charge in [0.2, 0.25) is 5.82 Å². The topological polar surface area (TPSA) is 103 Å². The van der Waals surface area contributed by atoms with Crippen molar-refractivity contribution in [3.63, 3.8) is 0 Å². The summed E-state index contributed by atoms with van der Waals surface area (Å²) in [6.45, 7) is 1.01. The van der Waals surface area contributed by atoms with Crippen LogP contribution in [-0.4, -0.2) is 40.3 Å². The molecule has 2 rings (SSSR count). The molecule has 1 saturated heterocycles. The Morgan fingerprint density at radius 1 is 1.56 bits per heavy atom. The highest BCUT2D eigenvalue weighted by atomic mass is 19.1. The Balaban J connectivity index is 2.22. The Morgan fingerprint density at radius 2 is 2.31 bits per heavy atom. The zero-order valence-electron chi connectivity index (χ0n) is 8.80. The van der Waals surface area contributed by atoms with Crippen molar-refractivity contribution in [1.82, 2.24) is 9.97 Å². The van der Waals surface area contributed by atoms with Crippen LogP contribution in [0.2, 0.25) is 0 Å². The number of hydrogen-bond acceptors (Lipinski definition) is 5. The highest BCUT2D eigenvalue weighted by Crippen LogP contribution is 2.22. The second kappa shape index (κ2) is 4.18. The summed E-state index contributed by atoms with van der Waals surface area (Å²) in [4.78, 5) is 9.17. The molecule has 2 unspecified atom stereocenters. The maximum Gasteiger partial charge on any atom is 0.207 e. The van der Waals surface area contributed by atoms with E-state index in [-0.39, 0.29) is 17.7 Å². The van der Waals surface area contributed by atoms with Gasteiger partial charge in [-0.25, -0.2) is 9.97 Å². The van der Waals surface area contributed by atoms with Crippen LogP contribution in [0.15, 0.2) is 6.33 Å². The van der Waals surface area contributed by atoms with E-state index < -0.39 is 11.9 Å². The number of aliphatic hydroxyl groups excluding tert-OH is 1. The molecule has 2 heterocycles. The van der Waals surface area contributed by atoms with Crippen molar-refractivity contribution < 1.29 is 15.2 Å². The largest absolute Gasteiger partial charge is 0.387 e. The van der Waals surface area contributed by atoms with Crippen molar-refractivity contribution >= 4 is 11.6 Å². The molecule has 16 heavy (non-hydrogen) atoms. The summed E-state index contributed by atoms with van der Waals surface area (Å²) in [5.74, 6) is -0.573. The molecule has 1 fully saturated rings. The third kappa shape index (κ3) is 1.91. The molecule has 0 saturated carbocycles. The number of nitrogens with zero attached hydrogens (tertiary/aromatic N) is 3. The second-order valence-electron chi connectivity index (χ2n) is 3.96. The quantitative estimate of drug-likeness (QED) is 0.536. The number of rotatable bonds is 1. The summed E-state index contributed by atoms with van der Waals surface area (Å²) in [6.07, 6.45) is 1.35. The highest BCUT2D eigenvalue weighted by molar-refractivity contribution is 5.48. The summed E-state index contributed by atoms with van der Waals surface area (Å²) in [5.41, 5.74) is 9.19. The number of aromatic nitrogens is 2. The van der Waals surface area contributed by atoms with Gasteiger partial charge in [0, 0.05) is 6.54 Å². The van der Waals surface area contributed by atoms with Gasteiger partial charge in [0.05, 0.1) is 6.54 Å². The van der Waals surface area contributed by atoms with E-state index in [2.05, 4.69) is 15.7 Å². The minimum atomic E-state index is -0.605. The van der Waals surface area contributed by atoms with E-state index in [1.807, 2.05) is 0 Å². The van der Waals surface area contributed by atoms with E-state index in [1.54, 1.807) is 4.90 Å². The van der Waals surface area contributed by atoms with Crippen molar-refractivity contribution in [2.24, 2.45) is 0 Å². The molecule has 1 aliphatic rings. The molecule has 0 aliphatic carbocycles. The fourth-order valence-corrected chi connectivity index (χ4v) is 1.81. The molecule has 0 aromatic carbocycles. The van der Waals surface area contributed by atoms with E-state index in [0.717, 1.165) is 0 Å². The molecule has 0 bridgehead atoms. The predicted molar refractivity (Wildman–Crippen MR) is 55.9 cm³/mol. The Kier molecular flexibility index (Phi) is 2.88. The molecule has 0 radical (unpaired) electrons. The fraction of sp³-hybridized carbons (Fsp3) is 0.556. The lowest BCUT2D eigenvalue weighted by Gasteiger charge is -2.32. The van der Waals surface area contributed by atoms with Gasteiger partial charge in [-0.2, -0.15) is 4.39 Å².